The number of amides is 1. The summed E-state index contributed by atoms with van der Waals surface area (Å²) in [6, 6.07) is 8.55. The van der Waals surface area contributed by atoms with Crippen LogP contribution in [-0.4, -0.2) is 35.1 Å². The van der Waals surface area contributed by atoms with Crippen molar-refractivity contribution >= 4 is 11.6 Å². The maximum atomic E-state index is 11.0. The predicted molar refractivity (Wildman–Crippen MR) is 80.4 cm³/mol. The number of benzene rings is 1. The Hall–Kier alpha value is -1.39. The number of aliphatic hydroxyl groups excluding tert-OH is 1. The molecule has 2 N–H and O–H groups in total. The Morgan fingerprint density at radius 3 is 2.65 bits per heavy atom. The lowest BCUT2D eigenvalue weighted by molar-refractivity contribution is -0.114. The number of nitrogens with one attached hydrogen (secondary N) is 1. The van der Waals surface area contributed by atoms with E-state index in [1.165, 1.54) is 12.5 Å². The van der Waals surface area contributed by atoms with Gasteiger partial charge in [-0.15, -0.1) is 0 Å². The van der Waals surface area contributed by atoms with Gasteiger partial charge < -0.3 is 10.4 Å². The van der Waals surface area contributed by atoms with E-state index in [1.807, 2.05) is 12.1 Å². The lowest BCUT2D eigenvalue weighted by atomic mass is 9.93. The molecule has 0 bridgehead atoms. The molecule has 0 aliphatic carbocycles. The van der Waals surface area contributed by atoms with E-state index in [4.69, 9.17) is 0 Å². The highest BCUT2D eigenvalue weighted by Crippen LogP contribution is 2.23. The standard InChI is InChI=1S/C16H24N2O2/c1-12-3-4-15(11-19)10-18(12)9-14-5-7-16(8-6-14)17-13(2)20/h5-8,12,15,19H,3-4,9-11H2,1-2H3,(H,17,20). The molecule has 1 saturated heterocycles. The summed E-state index contributed by atoms with van der Waals surface area (Å²) >= 11 is 0. The highest BCUT2D eigenvalue weighted by Gasteiger charge is 2.24. The van der Waals surface area contributed by atoms with Gasteiger partial charge in [-0.1, -0.05) is 12.1 Å². The number of carbonyl (C=O) groups excluding carboxylic acids is 1. The molecule has 2 unspecified atom stereocenters. The van der Waals surface area contributed by atoms with Crippen molar-refractivity contribution in [2.75, 3.05) is 18.5 Å². The van der Waals surface area contributed by atoms with Crippen molar-refractivity contribution < 1.29 is 9.90 Å². The third-order valence-electron chi connectivity index (χ3n) is 4.03. The Balaban J connectivity index is 1.96. The Bertz CT molecular complexity index is 444. The Morgan fingerprint density at radius 2 is 2.05 bits per heavy atom. The smallest absolute Gasteiger partial charge is 0.221 e. The Labute approximate surface area is 120 Å². The van der Waals surface area contributed by atoms with E-state index in [-0.39, 0.29) is 12.5 Å². The van der Waals surface area contributed by atoms with Crippen molar-refractivity contribution in [2.45, 2.75) is 39.3 Å². The van der Waals surface area contributed by atoms with Crippen LogP contribution in [0.4, 0.5) is 5.69 Å². The molecular weight excluding hydrogens is 252 g/mol. The molecule has 0 aromatic heterocycles. The number of aliphatic hydroxyl groups is 1. The molecule has 1 fully saturated rings. The van der Waals surface area contributed by atoms with Gasteiger partial charge in [0, 0.05) is 38.3 Å². The number of nitrogens with zero attached hydrogens (tertiary/aromatic N) is 1. The van der Waals surface area contributed by atoms with E-state index in [0.29, 0.717) is 12.0 Å². The van der Waals surface area contributed by atoms with E-state index in [0.717, 1.165) is 31.6 Å². The number of hydrogen-bond donors (Lipinski definition) is 2. The number of rotatable bonds is 4. The number of likely N-dealkylation sites (tertiary alicyclic amines) is 1. The van der Waals surface area contributed by atoms with Crippen molar-refractivity contribution in [2.24, 2.45) is 5.92 Å². The summed E-state index contributed by atoms with van der Waals surface area (Å²) in [5, 5.41) is 12.1. The van der Waals surface area contributed by atoms with Crippen LogP contribution < -0.4 is 5.32 Å². The van der Waals surface area contributed by atoms with Crippen LogP contribution in [0.2, 0.25) is 0 Å². The largest absolute Gasteiger partial charge is 0.396 e. The third-order valence-corrected chi connectivity index (χ3v) is 4.03. The molecule has 1 amide bonds. The van der Waals surface area contributed by atoms with Crippen molar-refractivity contribution in [3.05, 3.63) is 29.8 Å². The molecule has 4 nitrogen and oxygen atoms in total. The van der Waals surface area contributed by atoms with Crippen LogP contribution in [0.1, 0.15) is 32.3 Å². The third kappa shape index (κ3) is 4.05. The molecule has 110 valence electrons. The summed E-state index contributed by atoms with van der Waals surface area (Å²) in [6.07, 6.45) is 2.27. The molecule has 0 radical (unpaired) electrons. The minimum absolute atomic E-state index is 0.0480. The quantitative estimate of drug-likeness (QED) is 0.886. The Kier molecular flexibility index (Phi) is 5.15. The van der Waals surface area contributed by atoms with Gasteiger partial charge >= 0.3 is 0 Å². The molecule has 2 rings (SSSR count). The van der Waals surface area contributed by atoms with Crippen molar-refractivity contribution in [1.29, 1.82) is 0 Å². The second kappa shape index (κ2) is 6.86. The van der Waals surface area contributed by atoms with Gasteiger partial charge in [0.25, 0.3) is 0 Å². The zero-order valence-corrected chi connectivity index (χ0v) is 12.3. The SMILES string of the molecule is CC(=O)Nc1ccc(CN2CC(CO)CCC2C)cc1. The van der Waals surface area contributed by atoms with Gasteiger partial charge in [0.05, 0.1) is 0 Å². The summed E-state index contributed by atoms with van der Waals surface area (Å²) in [5.41, 5.74) is 2.07. The molecule has 0 saturated carbocycles. The second-order valence-corrected chi connectivity index (χ2v) is 5.78. The number of piperidine rings is 1. The molecule has 4 heteroatoms. The van der Waals surface area contributed by atoms with Crippen molar-refractivity contribution in [3.63, 3.8) is 0 Å². The average molecular weight is 276 g/mol. The van der Waals surface area contributed by atoms with E-state index in [2.05, 4.69) is 29.3 Å². The fraction of sp³-hybridized carbons (Fsp3) is 0.562. The topological polar surface area (TPSA) is 52.6 Å². The van der Waals surface area contributed by atoms with Crippen LogP contribution in [-0.2, 0) is 11.3 Å². The molecule has 20 heavy (non-hydrogen) atoms. The monoisotopic (exact) mass is 276 g/mol. The molecule has 1 aromatic rings. The molecule has 2 atom stereocenters. The molecule has 1 aromatic carbocycles. The van der Waals surface area contributed by atoms with Crippen molar-refractivity contribution in [1.82, 2.24) is 4.90 Å². The fourth-order valence-electron chi connectivity index (χ4n) is 2.76. The summed E-state index contributed by atoms with van der Waals surface area (Å²) < 4.78 is 0. The maximum absolute atomic E-state index is 11.0. The first-order chi connectivity index (χ1) is 9.58. The molecule has 1 heterocycles. The minimum Gasteiger partial charge on any atom is -0.396 e. The van der Waals surface area contributed by atoms with E-state index in [1.54, 1.807) is 0 Å². The summed E-state index contributed by atoms with van der Waals surface area (Å²) in [6.45, 7) is 5.91. The van der Waals surface area contributed by atoms with Gasteiger partial charge in [-0.05, 0) is 43.4 Å². The minimum atomic E-state index is -0.0480. The average Bonchev–Trinajstić information content (AvgIpc) is 2.43. The van der Waals surface area contributed by atoms with E-state index in [9.17, 15) is 9.90 Å². The highest BCUT2D eigenvalue weighted by molar-refractivity contribution is 5.88. The lowest BCUT2D eigenvalue weighted by Gasteiger charge is -2.37. The van der Waals surface area contributed by atoms with Crippen LogP contribution in [0, 0.1) is 5.92 Å². The van der Waals surface area contributed by atoms with Crippen LogP contribution in [0.15, 0.2) is 24.3 Å². The number of anilines is 1. The molecular formula is C16H24N2O2. The van der Waals surface area contributed by atoms with Gasteiger partial charge in [-0.25, -0.2) is 0 Å². The summed E-state index contributed by atoms with van der Waals surface area (Å²) in [4.78, 5) is 13.4. The van der Waals surface area contributed by atoms with Crippen LogP contribution in [0.5, 0.6) is 0 Å². The van der Waals surface area contributed by atoms with E-state index < -0.39 is 0 Å². The van der Waals surface area contributed by atoms with Gasteiger partial charge in [0.2, 0.25) is 5.91 Å². The van der Waals surface area contributed by atoms with Gasteiger partial charge in [0.1, 0.15) is 0 Å². The molecule has 0 spiro atoms. The van der Waals surface area contributed by atoms with Crippen LogP contribution in [0.3, 0.4) is 0 Å². The summed E-state index contributed by atoms with van der Waals surface area (Å²) in [5.74, 6) is 0.359. The fourth-order valence-corrected chi connectivity index (χ4v) is 2.76. The first kappa shape index (κ1) is 15.0. The first-order valence-electron chi connectivity index (χ1n) is 7.30. The maximum Gasteiger partial charge on any atom is 0.221 e. The summed E-state index contributed by atoms with van der Waals surface area (Å²) in [7, 11) is 0. The Morgan fingerprint density at radius 1 is 1.35 bits per heavy atom. The van der Waals surface area contributed by atoms with Gasteiger partial charge in [-0.3, -0.25) is 9.69 Å². The van der Waals surface area contributed by atoms with E-state index >= 15 is 0 Å². The van der Waals surface area contributed by atoms with Gasteiger partial charge in [-0.2, -0.15) is 0 Å². The zero-order chi connectivity index (χ0) is 14.5. The molecule has 1 aliphatic rings. The highest BCUT2D eigenvalue weighted by atomic mass is 16.3. The van der Waals surface area contributed by atoms with Crippen LogP contribution in [0.25, 0.3) is 0 Å². The predicted octanol–water partition coefficient (Wildman–Crippen LogP) is 2.24. The lowest BCUT2D eigenvalue weighted by Crippen LogP contribution is -2.42. The van der Waals surface area contributed by atoms with Crippen molar-refractivity contribution in [3.8, 4) is 0 Å². The number of hydrogen-bond acceptors (Lipinski definition) is 3. The first-order valence-corrected chi connectivity index (χ1v) is 7.30. The van der Waals surface area contributed by atoms with Crippen LogP contribution >= 0.6 is 0 Å². The molecule has 1 aliphatic heterocycles. The zero-order valence-electron chi connectivity index (χ0n) is 12.3. The van der Waals surface area contributed by atoms with Gasteiger partial charge in [0.15, 0.2) is 0 Å². The second-order valence-electron chi connectivity index (χ2n) is 5.78. The normalized spacial score (nSPS) is 23.6. The number of carbonyl (C=O) groups is 1.